The third-order valence-corrected chi connectivity index (χ3v) is 5.21. The second-order valence-corrected chi connectivity index (χ2v) is 6.90. The standard InChI is InChI=1S/C18H36N2O/c1-3-5-6-7-8-10-16(9-4-2)20-13-11-17-18(15-20)21-14-12-19-17/h16-19H,3-15H2,1-2H3/t16?,17-,18-/m0/s1. The zero-order valence-corrected chi connectivity index (χ0v) is 14.3. The number of hydrogen-bond donors (Lipinski definition) is 1. The first-order valence-electron chi connectivity index (χ1n) is 9.44. The van der Waals surface area contributed by atoms with Gasteiger partial charge >= 0.3 is 0 Å². The summed E-state index contributed by atoms with van der Waals surface area (Å²) in [5.74, 6) is 0. The zero-order chi connectivity index (χ0) is 14.9. The highest BCUT2D eigenvalue weighted by molar-refractivity contribution is 4.90. The third-order valence-electron chi connectivity index (χ3n) is 5.21. The predicted molar refractivity (Wildman–Crippen MR) is 89.8 cm³/mol. The van der Waals surface area contributed by atoms with Gasteiger partial charge in [-0.1, -0.05) is 52.4 Å². The second kappa shape index (κ2) is 9.81. The minimum Gasteiger partial charge on any atom is -0.374 e. The van der Waals surface area contributed by atoms with Gasteiger partial charge in [0.15, 0.2) is 0 Å². The molecule has 0 spiro atoms. The first kappa shape index (κ1) is 17.2. The Morgan fingerprint density at radius 1 is 1.10 bits per heavy atom. The Hall–Kier alpha value is -0.120. The Kier molecular flexibility index (Phi) is 8.05. The molecule has 1 unspecified atom stereocenters. The zero-order valence-electron chi connectivity index (χ0n) is 14.3. The van der Waals surface area contributed by atoms with Crippen molar-refractivity contribution in [2.45, 2.75) is 89.8 Å². The lowest BCUT2D eigenvalue weighted by atomic mass is 9.95. The highest BCUT2D eigenvalue weighted by Gasteiger charge is 2.34. The van der Waals surface area contributed by atoms with Crippen LogP contribution in [0.25, 0.3) is 0 Å². The Bertz CT molecular complexity index is 272. The fourth-order valence-corrected chi connectivity index (χ4v) is 3.96. The van der Waals surface area contributed by atoms with Gasteiger partial charge in [0, 0.05) is 31.7 Å². The fourth-order valence-electron chi connectivity index (χ4n) is 3.96. The molecule has 0 amide bonds. The van der Waals surface area contributed by atoms with Gasteiger partial charge in [0.1, 0.15) is 0 Å². The van der Waals surface area contributed by atoms with Crippen LogP contribution in [-0.2, 0) is 4.74 Å². The molecule has 3 heteroatoms. The lowest BCUT2D eigenvalue weighted by Gasteiger charge is -2.44. The van der Waals surface area contributed by atoms with Gasteiger partial charge in [0.2, 0.25) is 0 Å². The van der Waals surface area contributed by atoms with Crippen molar-refractivity contribution in [3.8, 4) is 0 Å². The summed E-state index contributed by atoms with van der Waals surface area (Å²) in [5.41, 5.74) is 0. The number of morpholine rings is 1. The van der Waals surface area contributed by atoms with Gasteiger partial charge in [-0.2, -0.15) is 0 Å². The van der Waals surface area contributed by atoms with Gasteiger partial charge in [0.25, 0.3) is 0 Å². The number of piperidine rings is 1. The lowest BCUT2D eigenvalue weighted by Crippen LogP contribution is -2.59. The Balaban J connectivity index is 1.74. The van der Waals surface area contributed by atoms with Gasteiger partial charge < -0.3 is 10.1 Å². The highest BCUT2D eigenvalue weighted by atomic mass is 16.5. The van der Waals surface area contributed by atoms with E-state index in [4.69, 9.17) is 4.74 Å². The molecule has 2 heterocycles. The van der Waals surface area contributed by atoms with Crippen LogP contribution in [0.3, 0.4) is 0 Å². The Morgan fingerprint density at radius 2 is 1.95 bits per heavy atom. The summed E-state index contributed by atoms with van der Waals surface area (Å²) in [6.07, 6.45) is 12.8. The Labute approximate surface area is 131 Å². The topological polar surface area (TPSA) is 24.5 Å². The largest absolute Gasteiger partial charge is 0.374 e. The summed E-state index contributed by atoms with van der Waals surface area (Å²) in [6, 6.07) is 1.41. The number of unbranched alkanes of at least 4 members (excludes halogenated alkanes) is 4. The second-order valence-electron chi connectivity index (χ2n) is 6.90. The number of ether oxygens (including phenoxy) is 1. The van der Waals surface area contributed by atoms with Crippen LogP contribution in [0.1, 0.15) is 71.6 Å². The first-order chi connectivity index (χ1) is 10.3. The van der Waals surface area contributed by atoms with Crippen molar-refractivity contribution in [2.75, 3.05) is 26.2 Å². The first-order valence-corrected chi connectivity index (χ1v) is 9.44. The molecule has 2 aliphatic rings. The van der Waals surface area contributed by atoms with Crippen LogP contribution >= 0.6 is 0 Å². The average molecular weight is 296 g/mol. The number of rotatable bonds is 9. The van der Waals surface area contributed by atoms with Crippen molar-refractivity contribution < 1.29 is 4.74 Å². The van der Waals surface area contributed by atoms with Gasteiger partial charge in [-0.3, -0.25) is 4.90 Å². The highest BCUT2D eigenvalue weighted by Crippen LogP contribution is 2.23. The molecule has 21 heavy (non-hydrogen) atoms. The normalized spacial score (nSPS) is 28.3. The summed E-state index contributed by atoms with van der Waals surface area (Å²) >= 11 is 0. The molecular formula is C18H36N2O. The van der Waals surface area contributed by atoms with Crippen LogP contribution < -0.4 is 5.32 Å². The summed E-state index contributed by atoms with van der Waals surface area (Å²) in [7, 11) is 0. The fraction of sp³-hybridized carbons (Fsp3) is 1.00. The van der Waals surface area contributed by atoms with E-state index in [1.54, 1.807) is 0 Å². The van der Waals surface area contributed by atoms with E-state index < -0.39 is 0 Å². The van der Waals surface area contributed by atoms with Crippen LogP contribution in [0.5, 0.6) is 0 Å². The molecule has 3 nitrogen and oxygen atoms in total. The maximum Gasteiger partial charge on any atom is 0.0855 e. The van der Waals surface area contributed by atoms with Crippen molar-refractivity contribution in [3.05, 3.63) is 0 Å². The molecule has 2 aliphatic heterocycles. The lowest BCUT2D eigenvalue weighted by molar-refractivity contribution is -0.0580. The third kappa shape index (κ3) is 5.54. The van der Waals surface area contributed by atoms with Gasteiger partial charge in [-0.05, 0) is 19.3 Å². The van der Waals surface area contributed by atoms with Crippen LogP contribution in [0.2, 0.25) is 0 Å². The predicted octanol–water partition coefficient (Wildman–Crippen LogP) is 3.58. The molecular weight excluding hydrogens is 260 g/mol. The van der Waals surface area contributed by atoms with E-state index in [2.05, 4.69) is 24.1 Å². The molecule has 0 bridgehead atoms. The number of hydrogen-bond acceptors (Lipinski definition) is 3. The quantitative estimate of drug-likeness (QED) is 0.658. The molecule has 0 aliphatic carbocycles. The molecule has 0 aromatic rings. The minimum absolute atomic E-state index is 0.437. The SMILES string of the molecule is CCCCCCCC(CCC)N1CC[C@@H]2NCCO[C@H]2C1. The smallest absolute Gasteiger partial charge is 0.0855 e. The van der Waals surface area contributed by atoms with Crippen LogP contribution in [0.4, 0.5) is 0 Å². The number of likely N-dealkylation sites (tertiary alicyclic amines) is 1. The van der Waals surface area contributed by atoms with Crippen LogP contribution in [-0.4, -0.2) is 49.3 Å². The molecule has 2 rings (SSSR count). The maximum atomic E-state index is 5.99. The molecule has 3 atom stereocenters. The van der Waals surface area contributed by atoms with Crippen molar-refractivity contribution in [2.24, 2.45) is 0 Å². The van der Waals surface area contributed by atoms with Crippen LogP contribution in [0.15, 0.2) is 0 Å². The summed E-state index contributed by atoms with van der Waals surface area (Å²) in [4.78, 5) is 2.73. The van der Waals surface area contributed by atoms with E-state index in [1.807, 2.05) is 0 Å². The molecule has 124 valence electrons. The van der Waals surface area contributed by atoms with E-state index in [-0.39, 0.29) is 0 Å². The van der Waals surface area contributed by atoms with E-state index in [1.165, 1.54) is 64.3 Å². The maximum absolute atomic E-state index is 5.99. The van der Waals surface area contributed by atoms with Crippen molar-refractivity contribution in [3.63, 3.8) is 0 Å². The van der Waals surface area contributed by atoms with E-state index in [9.17, 15) is 0 Å². The monoisotopic (exact) mass is 296 g/mol. The van der Waals surface area contributed by atoms with Crippen LogP contribution in [0, 0.1) is 0 Å². The van der Waals surface area contributed by atoms with E-state index >= 15 is 0 Å². The molecule has 0 aromatic carbocycles. The summed E-state index contributed by atoms with van der Waals surface area (Å²) in [6.45, 7) is 8.97. The van der Waals surface area contributed by atoms with Crippen molar-refractivity contribution in [1.29, 1.82) is 0 Å². The number of nitrogens with zero attached hydrogens (tertiary/aromatic N) is 1. The molecule has 0 aromatic heterocycles. The van der Waals surface area contributed by atoms with Gasteiger partial charge in [-0.25, -0.2) is 0 Å². The molecule has 2 saturated heterocycles. The summed E-state index contributed by atoms with van der Waals surface area (Å²) < 4.78 is 5.99. The van der Waals surface area contributed by atoms with E-state index in [0.717, 1.165) is 25.7 Å². The van der Waals surface area contributed by atoms with Crippen molar-refractivity contribution >= 4 is 0 Å². The Morgan fingerprint density at radius 3 is 2.76 bits per heavy atom. The van der Waals surface area contributed by atoms with Gasteiger partial charge in [0.05, 0.1) is 12.7 Å². The molecule has 0 saturated carbocycles. The molecule has 2 fully saturated rings. The van der Waals surface area contributed by atoms with Gasteiger partial charge in [-0.15, -0.1) is 0 Å². The number of nitrogens with one attached hydrogen (secondary N) is 1. The van der Waals surface area contributed by atoms with E-state index in [0.29, 0.717) is 12.1 Å². The number of fused-ring (bicyclic) bond motifs is 1. The minimum atomic E-state index is 0.437. The summed E-state index contributed by atoms with van der Waals surface area (Å²) in [5, 5.41) is 3.63. The average Bonchev–Trinajstić information content (AvgIpc) is 2.53. The van der Waals surface area contributed by atoms with Crippen molar-refractivity contribution in [1.82, 2.24) is 10.2 Å². The molecule has 0 radical (unpaired) electrons. The molecule has 1 N–H and O–H groups in total.